The zero-order valence-electron chi connectivity index (χ0n) is 9.97. The summed E-state index contributed by atoms with van der Waals surface area (Å²) in [6.07, 6.45) is 5.91. The summed E-state index contributed by atoms with van der Waals surface area (Å²) >= 11 is 9.66. The Morgan fingerprint density at radius 2 is 2.29 bits per heavy atom. The third kappa shape index (κ3) is 4.13. The minimum Gasteiger partial charge on any atom is -0.310 e. The molecule has 0 bridgehead atoms. The minimum atomic E-state index is 0.753. The van der Waals surface area contributed by atoms with Crippen LogP contribution in [-0.2, 0) is 0 Å². The lowest BCUT2D eigenvalue weighted by Gasteiger charge is -2.07. The average molecular weight is 315 g/mol. The van der Waals surface area contributed by atoms with Crippen molar-refractivity contribution in [3.8, 4) is 0 Å². The first kappa shape index (κ1) is 13.1. The summed E-state index contributed by atoms with van der Waals surface area (Å²) in [6, 6.07) is 6.71. The van der Waals surface area contributed by atoms with Crippen molar-refractivity contribution < 1.29 is 0 Å². The molecule has 1 fully saturated rings. The molecule has 0 heterocycles. The van der Waals surface area contributed by atoms with Gasteiger partial charge in [0.25, 0.3) is 0 Å². The van der Waals surface area contributed by atoms with Gasteiger partial charge in [0.1, 0.15) is 0 Å². The third-order valence-corrected chi connectivity index (χ3v) is 3.80. The maximum Gasteiger partial charge on any atom is 0.0479 e. The van der Waals surface area contributed by atoms with Crippen LogP contribution in [0.25, 0.3) is 6.08 Å². The van der Waals surface area contributed by atoms with Gasteiger partial charge in [-0.1, -0.05) is 46.1 Å². The Bertz CT molecular complexity index is 424. The lowest BCUT2D eigenvalue weighted by molar-refractivity contribution is 0.723. The first-order valence-corrected chi connectivity index (χ1v) is 7.24. The first-order valence-electron chi connectivity index (χ1n) is 6.07. The maximum absolute atomic E-state index is 6.19. The van der Waals surface area contributed by atoms with Crippen LogP contribution in [0.15, 0.2) is 28.2 Å². The van der Waals surface area contributed by atoms with Gasteiger partial charge in [-0.05, 0) is 43.0 Å². The van der Waals surface area contributed by atoms with E-state index in [0.717, 1.165) is 34.1 Å². The molecule has 0 unspecified atom stereocenters. The van der Waals surface area contributed by atoms with E-state index in [2.05, 4.69) is 40.3 Å². The third-order valence-electron chi connectivity index (χ3n) is 2.97. The van der Waals surface area contributed by atoms with Crippen LogP contribution in [0.3, 0.4) is 0 Å². The summed E-state index contributed by atoms with van der Waals surface area (Å²) in [4.78, 5) is 0. The van der Waals surface area contributed by atoms with Crippen molar-refractivity contribution in [1.29, 1.82) is 0 Å². The van der Waals surface area contributed by atoms with Crippen molar-refractivity contribution in [1.82, 2.24) is 5.32 Å². The van der Waals surface area contributed by atoms with Crippen LogP contribution in [-0.4, -0.2) is 12.6 Å². The molecule has 0 spiro atoms. The highest BCUT2D eigenvalue weighted by Crippen LogP contribution is 2.24. The fourth-order valence-electron chi connectivity index (χ4n) is 1.69. The first-order chi connectivity index (χ1) is 8.19. The Morgan fingerprint density at radius 3 is 2.94 bits per heavy atom. The van der Waals surface area contributed by atoms with Gasteiger partial charge in [-0.25, -0.2) is 0 Å². The van der Waals surface area contributed by atoms with Crippen molar-refractivity contribution in [3.05, 3.63) is 38.8 Å². The number of nitrogens with one attached hydrogen (secondary N) is 1. The van der Waals surface area contributed by atoms with E-state index in [4.69, 9.17) is 11.6 Å². The zero-order chi connectivity index (χ0) is 12.3. The molecule has 0 amide bonds. The van der Waals surface area contributed by atoms with Crippen LogP contribution >= 0.6 is 27.5 Å². The van der Waals surface area contributed by atoms with Crippen LogP contribution in [0.2, 0.25) is 5.02 Å². The number of hydrogen-bond acceptors (Lipinski definition) is 1. The van der Waals surface area contributed by atoms with Crippen molar-refractivity contribution in [3.63, 3.8) is 0 Å². The molecule has 92 valence electrons. The summed E-state index contributed by atoms with van der Waals surface area (Å²) < 4.78 is 1.07. The number of hydrogen-bond donors (Lipinski definition) is 1. The molecule has 1 nitrogen and oxygen atoms in total. The number of benzene rings is 1. The van der Waals surface area contributed by atoms with Gasteiger partial charge >= 0.3 is 0 Å². The molecule has 1 saturated carbocycles. The van der Waals surface area contributed by atoms with E-state index in [0.29, 0.717) is 0 Å². The van der Waals surface area contributed by atoms with Crippen molar-refractivity contribution >= 4 is 33.6 Å². The van der Waals surface area contributed by atoms with Crippen LogP contribution in [0.5, 0.6) is 0 Å². The zero-order valence-corrected chi connectivity index (χ0v) is 12.3. The molecule has 0 atom stereocenters. The van der Waals surface area contributed by atoms with E-state index in [-0.39, 0.29) is 0 Å². The van der Waals surface area contributed by atoms with E-state index in [9.17, 15) is 0 Å². The lowest BCUT2D eigenvalue weighted by atomic mass is 10.1. The number of halogens is 2. The van der Waals surface area contributed by atoms with E-state index < -0.39 is 0 Å². The van der Waals surface area contributed by atoms with Crippen LogP contribution in [0, 0.1) is 0 Å². The Labute approximate surface area is 116 Å². The fraction of sp³-hybridized carbons (Fsp3) is 0.429. The van der Waals surface area contributed by atoms with Gasteiger partial charge in [0, 0.05) is 22.1 Å². The van der Waals surface area contributed by atoms with Crippen LogP contribution in [0.4, 0.5) is 0 Å². The second kappa shape index (κ2) is 6.03. The molecule has 0 aromatic heterocycles. The molecule has 2 rings (SSSR count). The van der Waals surface area contributed by atoms with Crippen LogP contribution in [0.1, 0.15) is 31.7 Å². The highest BCUT2D eigenvalue weighted by Gasteiger charge is 2.20. The van der Waals surface area contributed by atoms with Gasteiger partial charge in [-0.3, -0.25) is 0 Å². The van der Waals surface area contributed by atoms with Gasteiger partial charge in [0.15, 0.2) is 0 Å². The van der Waals surface area contributed by atoms with Gasteiger partial charge in [0.2, 0.25) is 0 Å². The minimum absolute atomic E-state index is 0.753. The molecule has 0 radical (unpaired) electrons. The maximum atomic E-state index is 6.19. The Morgan fingerprint density at radius 1 is 1.53 bits per heavy atom. The lowest BCUT2D eigenvalue weighted by Crippen LogP contribution is -2.18. The van der Waals surface area contributed by atoms with Gasteiger partial charge in [0.05, 0.1) is 0 Å². The van der Waals surface area contributed by atoms with Crippen molar-refractivity contribution in [2.24, 2.45) is 0 Å². The van der Waals surface area contributed by atoms with E-state index in [1.54, 1.807) is 0 Å². The van der Waals surface area contributed by atoms with Crippen molar-refractivity contribution in [2.45, 2.75) is 32.2 Å². The van der Waals surface area contributed by atoms with Gasteiger partial charge in [-0.15, -0.1) is 0 Å². The largest absolute Gasteiger partial charge is 0.310 e. The fourth-order valence-corrected chi connectivity index (χ4v) is 2.24. The molecule has 1 N–H and O–H groups in total. The summed E-state index contributed by atoms with van der Waals surface area (Å²) in [5.74, 6) is 0. The molecule has 0 aliphatic heterocycles. The smallest absolute Gasteiger partial charge is 0.0479 e. The summed E-state index contributed by atoms with van der Waals surface area (Å²) in [5.41, 5.74) is 2.49. The van der Waals surface area contributed by atoms with E-state index in [1.165, 1.54) is 18.4 Å². The van der Waals surface area contributed by atoms with E-state index >= 15 is 0 Å². The molecular weight excluding hydrogens is 298 g/mol. The van der Waals surface area contributed by atoms with E-state index in [1.807, 2.05) is 12.1 Å². The molecule has 1 aliphatic rings. The molecule has 3 heteroatoms. The second-order valence-electron chi connectivity index (χ2n) is 4.48. The standard InChI is InChI=1S/C14H17BrClN/c1-2-10(9-17-13-4-5-13)7-11-8-12(15)3-6-14(11)16/h3,6-8,13,17H,2,4-5,9H2,1H3/b10-7-. The monoisotopic (exact) mass is 313 g/mol. The summed E-state index contributed by atoms with van der Waals surface area (Å²) in [6.45, 7) is 3.16. The molecule has 1 aromatic rings. The predicted molar refractivity (Wildman–Crippen MR) is 78.4 cm³/mol. The Balaban J connectivity index is 2.09. The molecule has 17 heavy (non-hydrogen) atoms. The van der Waals surface area contributed by atoms with Gasteiger partial charge < -0.3 is 5.32 Å². The second-order valence-corrected chi connectivity index (χ2v) is 5.80. The Hall–Kier alpha value is -0.310. The molecular formula is C14H17BrClN. The van der Waals surface area contributed by atoms with Gasteiger partial charge in [-0.2, -0.15) is 0 Å². The Kier molecular flexibility index (Phi) is 4.66. The molecule has 0 saturated heterocycles. The molecule has 1 aromatic carbocycles. The summed E-state index contributed by atoms with van der Waals surface area (Å²) in [5, 5.41) is 4.35. The van der Waals surface area contributed by atoms with Crippen LogP contribution < -0.4 is 5.32 Å². The molecule has 1 aliphatic carbocycles. The quantitative estimate of drug-likeness (QED) is 0.834. The topological polar surface area (TPSA) is 12.0 Å². The highest BCUT2D eigenvalue weighted by molar-refractivity contribution is 9.10. The normalized spacial score (nSPS) is 16.3. The highest BCUT2D eigenvalue weighted by atomic mass is 79.9. The number of rotatable bonds is 5. The predicted octanol–water partition coefficient (Wildman–Crippen LogP) is 4.65. The average Bonchev–Trinajstić information content (AvgIpc) is 3.12. The summed E-state index contributed by atoms with van der Waals surface area (Å²) in [7, 11) is 0. The SMILES string of the molecule is CC/C(=C/c1cc(Br)ccc1Cl)CNC1CC1. The van der Waals surface area contributed by atoms with Crippen molar-refractivity contribution in [2.75, 3.05) is 6.54 Å².